The first kappa shape index (κ1) is 23.5. The number of nitrogens with zero attached hydrogens (tertiary/aromatic N) is 6. The van der Waals surface area contributed by atoms with Gasteiger partial charge in [0.2, 0.25) is 0 Å². The number of H-pyrrole nitrogens is 2. The predicted octanol–water partition coefficient (Wildman–Crippen LogP) is 5.89. The van der Waals surface area contributed by atoms with E-state index in [1.165, 1.54) is 25.3 Å². The number of pyridine rings is 3. The van der Waals surface area contributed by atoms with E-state index in [0.717, 1.165) is 25.2 Å². The molecule has 1 aromatic carbocycles. The van der Waals surface area contributed by atoms with Gasteiger partial charge in [-0.3, -0.25) is 25.0 Å². The summed E-state index contributed by atoms with van der Waals surface area (Å²) in [5.41, 5.74) is 4.41. The minimum Gasteiger partial charge on any atom is -0.336 e. The van der Waals surface area contributed by atoms with E-state index in [0.29, 0.717) is 44.9 Å². The maximum Gasteiger partial charge on any atom is 0.161 e. The summed E-state index contributed by atoms with van der Waals surface area (Å²) in [5.74, 6) is -0.568. The lowest BCUT2D eigenvalue weighted by atomic mass is 10.1. The minimum absolute atomic E-state index is 0.197. The molecule has 0 amide bonds. The van der Waals surface area contributed by atoms with Gasteiger partial charge >= 0.3 is 0 Å². The highest BCUT2D eigenvalue weighted by Crippen LogP contribution is 2.34. The van der Waals surface area contributed by atoms with Crippen molar-refractivity contribution in [1.82, 2.24) is 40.0 Å². The molecule has 10 heteroatoms. The summed E-state index contributed by atoms with van der Waals surface area (Å²) in [4.78, 5) is 23.4. The average molecular weight is 523 g/mol. The molecule has 0 bridgehead atoms. The molecule has 0 aliphatic carbocycles. The topological polar surface area (TPSA) is 99.3 Å². The Hall–Kier alpha value is -4.57. The van der Waals surface area contributed by atoms with Gasteiger partial charge in [0.05, 0.1) is 22.6 Å². The van der Waals surface area contributed by atoms with Gasteiger partial charge in [0.15, 0.2) is 11.6 Å². The van der Waals surface area contributed by atoms with Crippen LogP contribution in [0, 0.1) is 11.6 Å². The SMILES string of the molecule is Fc1ccccc1-c1nccc2[nH]c(-c3n[nH]c4cnc(-c5cncc(CN6CCCCC6)c5)c(F)c34)nc12. The summed E-state index contributed by atoms with van der Waals surface area (Å²) in [6, 6.07) is 10.1. The summed E-state index contributed by atoms with van der Waals surface area (Å²) in [6.07, 6.45) is 10.3. The van der Waals surface area contributed by atoms with Crippen LogP contribution in [0.2, 0.25) is 0 Å². The lowest BCUT2D eigenvalue weighted by Gasteiger charge is -2.26. The van der Waals surface area contributed by atoms with Gasteiger partial charge in [0, 0.05) is 36.3 Å². The zero-order valence-electron chi connectivity index (χ0n) is 21.0. The van der Waals surface area contributed by atoms with Crippen molar-refractivity contribution >= 4 is 21.9 Å². The number of likely N-dealkylation sites (tertiary alicyclic amines) is 1. The molecule has 7 rings (SSSR count). The van der Waals surface area contributed by atoms with Crippen LogP contribution in [0.25, 0.3) is 56.0 Å². The summed E-state index contributed by atoms with van der Waals surface area (Å²) >= 11 is 0. The second kappa shape index (κ2) is 9.63. The molecule has 6 aromatic rings. The molecule has 5 aromatic heterocycles. The van der Waals surface area contributed by atoms with E-state index in [1.807, 2.05) is 12.3 Å². The number of fused-ring (bicyclic) bond motifs is 2. The molecular formula is C29H24F2N8. The van der Waals surface area contributed by atoms with E-state index in [4.69, 9.17) is 0 Å². The minimum atomic E-state index is -0.513. The molecule has 0 saturated carbocycles. The van der Waals surface area contributed by atoms with Crippen molar-refractivity contribution in [1.29, 1.82) is 0 Å². The summed E-state index contributed by atoms with van der Waals surface area (Å²) in [5, 5.41) is 7.48. The van der Waals surface area contributed by atoms with E-state index >= 15 is 4.39 Å². The molecule has 0 atom stereocenters. The van der Waals surface area contributed by atoms with E-state index in [2.05, 4.69) is 40.0 Å². The first-order valence-corrected chi connectivity index (χ1v) is 12.9. The predicted molar refractivity (Wildman–Crippen MR) is 144 cm³/mol. The Bertz CT molecular complexity index is 1820. The van der Waals surface area contributed by atoms with Crippen molar-refractivity contribution in [2.45, 2.75) is 25.8 Å². The molecule has 2 N–H and O–H groups in total. The molecule has 1 aliphatic rings. The Kier molecular flexibility index (Phi) is 5.81. The molecule has 0 spiro atoms. The lowest BCUT2D eigenvalue weighted by molar-refractivity contribution is 0.220. The second-order valence-corrected chi connectivity index (χ2v) is 9.82. The summed E-state index contributed by atoms with van der Waals surface area (Å²) in [7, 11) is 0. The second-order valence-electron chi connectivity index (χ2n) is 9.82. The van der Waals surface area contributed by atoms with Crippen molar-refractivity contribution in [3.8, 4) is 34.0 Å². The molecule has 8 nitrogen and oxygen atoms in total. The van der Waals surface area contributed by atoms with Gasteiger partial charge in [0.1, 0.15) is 28.4 Å². The molecule has 1 saturated heterocycles. The zero-order valence-corrected chi connectivity index (χ0v) is 21.0. The Morgan fingerprint density at radius 2 is 1.74 bits per heavy atom. The zero-order chi connectivity index (χ0) is 26.3. The van der Waals surface area contributed by atoms with Gasteiger partial charge < -0.3 is 4.98 Å². The molecular weight excluding hydrogens is 498 g/mol. The van der Waals surface area contributed by atoms with Gasteiger partial charge in [-0.25, -0.2) is 13.8 Å². The number of nitrogens with one attached hydrogen (secondary N) is 2. The maximum atomic E-state index is 16.1. The van der Waals surface area contributed by atoms with Crippen LogP contribution in [0.15, 0.2) is 61.2 Å². The smallest absolute Gasteiger partial charge is 0.161 e. The van der Waals surface area contributed by atoms with Crippen LogP contribution in [0.3, 0.4) is 0 Å². The third kappa shape index (κ3) is 4.22. The van der Waals surface area contributed by atoms with Crippen LogP contribution in [0.5, 0.6) is 0 Å². The van der Waals surface area contributed by atoms with Crippen molar-refractivity contribution < 1.29 is 8.78 Å². The normalized spacial score (nSPS) is 14.4. The van der Waals surface area contributed by atoms with Gasteiger partial charge in [-0.1, -0.05) is 18.6 Å². The number of hydrogen-bond donors (Lipinski definition) is 2. The monoisotopic (exact) mass is 522 g/mol. The van der Waals surface area contributed by atoms with Crippen molar-refractivity contribution in [2.75, 3.05) is 13.1 Å². The van der Waals surface area contributed by atoms with Crippen LogP contribution in [-0.4, -0.2) is 53.1 Å². The van der Waals surface area contributed by atoms with Gasteiger partial charge in [-0.2, -0.15) is 5.10 Å². The summed E-state index contributed by atoms with van der Waals surface area (Å²) < 4.78 is 30.7. The molecule has 0 unspecified atom stereocenters. The van der Waals surface area contributed by atoms with Crippen LogP contribution in [0.1, 0.15) is 24.8 Å². The maximum absolute atomic E-state index is 16.1. The molecule has 0 radical (unpaired) electrons. The fourth-order valence-corrected chi connectivity index (χ4v) is 5.32. The first-order valence-electron chi connectivity index (χ1n) is 12.9. The third-order valence-electron chi connectivity index (χ3n) is 7.22. The number of benzene rings is 1. The van der Waals surface area contributed by atoms with Gasteiger partial charge in [0.25, 0.3) is 0 Å². The Morgan fingerprint density at radius 1 is 0.872 bits per heavy atom. The summed E-state index contributed by atoms with van der Waals surface area (Å²) in [6.45, 7) is 2.90. The standard InChI is InChI=1S/C29H24F2N8/c30-20-7-3-2-6-19(20)26-27-21(8-9-33-26)35-29(36-27)28-23-22(37-38-28)15-34-25(24(23)31)18-12-17(13-32-14-18)16-39-10-4-1-5-11-39/h2-3,6-9,12-15H,1,4-5,10-11,16H2,(H,35,36)(H,37,38). The number of hydrogen-bond acceptors (Lipinski definition) is 6. The van der Waals surface area contributed by atoms with Crippen LogP contribution >= 0.6 is 0 Å². The molecule has 194 valence electrons. The van der Waals surface area contributed by atoms with Gasteiger partial charge in [-0.05, 0) is 55.8 Å². The number of halogens is 2. The first-order chi connectivity index (χ1) is 19.2. The fourth-order valence-electron chi connectivity index (χ4n) is 5.32. The van der Waals surface area contributed by atoms with Gasteiger partial charge in [-0.15, -0.1) is 0 Å². The largest absolute Gasteiger partial charge is 0.336 e. The quantitative estimate of drug-likeness (QED) is 0.293. The number of aromatic amines is 2. The number of rotatable bonds is 5. The molecule has 1 fully saturated rings. The molecule has 1 aliphatic heterocycles. The van der Waals surface area contributed by atoms with E-state index in [9.17, 15) is 4.39 Å². The lowest BCUT2D eigenvalue weighted by Crippen LogP contribution is -2.29. The average Bonchev–Trinajstić information content (AvgIpc) is 3.59. The van der Waals surface area contributed by atoms with Crippen LogP contribution in [0.4, 0.5) is 8.78 Å². The third-order valence-corrected chi connectivity index (χ3v) is 7.22. The van der Waals surface area contributed by atoms with Crippen molar-refractivity contribution in [3.05, 3.63) is 78.4 Å². The van der Waals surface area contributed by atoms with E-state index in [-0.39, 0.29) is 11.1 Å². The fraction of sp³-hybridized carbons (Fsp3) is 0.207. The Balaban J connectivity index is 1.30. The number of aromatic nitrogens is 7. The molecule has 6 heterocycles. The van der Waals surface area contributed by atoms with E-state index < -0.39 is 11.6 Å². The highest BCUT2D eigenvalue weighted by atomic mass is 19.1. The Morgan fingerprint density at radius 3 is 2.62 bits per heavy atom. The number of piperidine rings is 1. The Labute approximate surface area is 222 Å². The molecule has 39 heavy (non-hydrogen) atoms. The van der Waals surface area contributed by atoms with E-state index in [1.54, 1.807) is 42.9 Å². The van der Waals surface area contributed by atoms with Crippen LogP contribution in [-0.2, 0) is 6.54 Å². The van der Waals surface area contributed by atoms with Crippen molar-refractivity contribution in [2.24, 2.45) is 0 Å². The number of imidazole rings is 1. The highest BCUT2D eigenvalue weighted by Gasteiger charge is 2.22. The van der Waals surface area contributed by atoms with Crippen LogP contribution < -0.4 is 0 Å². The van der Waals surface area contributed by atoms with Crippen molar-refractivity contribution in [3.63, 3.8) is 0 Å². The highest BCUT2D eigenvalue weighted by molar-refractivity contribution is 5.97.